The van der Waals surface area contributed by atoms with E-state index in [0.29, 0.717) is 5.56 Å². The second kappa shape index (κ2) is 4.49. The Balaban J connectivity index is 2.24. The zero-order chi connectivity index (χ0) is 14.3. The first-order valence-corrected chi connectivity index (χ1v) is 6.54. The molecule has 0 unspecified atom stereocenters. The van der Waals surface area contributed by atoms with Crippen LogP contribution in [0, 0.1) is 11.3 Å². The van der Waals surface area contributed by atoms with Crippen LogP contribution in [0.4, 0.5) is 0 Å². The molecule has 0 aliphatic rings. The van der Waals surface area contributed by atoms with Crippen LogP contribution in [0.1, 0.15) is 18.2 Å². The van der Waals surface area contributed by atoms with E-state index in [-0.39, 0.29) is 0 Å². The molecule has 3 aromatic rings. The van der Waals surface area contributed by atoms with Crippen LogP contribution in [-0.4, -0.2) is 19.3 Å². The molecule has 1 aromatic carbocycles. The van der Waals surface area contributed by atoms with Crippen molar-refractivity contribution in [3.63, 3.8) is 0 Å². The molecule has 0 saturated carbocycles. The van der Waals surface area contributed by atoms with Crippen LogP contribution in [0.3, 0.4) is 0 Å². The Morgan fingerprint density at radius 3 is 2.70 bits per heavy atom. The number of benzene rings is 1. The molecule has 100 valence electrons. The van der Waals surface area contributed by atoms with Crippen molar-refractivity contribution in [1.82, 2.24) is 19.3 Å². The van der Waals surface area contributed by atoms with E-state index >= 15 is 0 Å². The largest absolute Gasteiger partial charge is 0.326 e. The summed E-state index contributed by atoms with van der Waals surface area (Å²) in [7, 11) is 3.89. The van der Waals surface area contributed by atoms with Gasteiger partial charge in [0.1, 0.15) is 5.69 Å². The maximum absolute atomic E-state index is 9.00. The van der Waals surface area contributed by atoms with Crippen molar-refractivity contribution in [2.45, 2.75) is 13.3 Å². The van der Waals surface area contributed by atoms with Crippen LogP contribution in [0.2, 0.25) is 0 Å². The fraction of sp³-hybridized carbons (Fsp3) is 0.267. The first-order chi connectivity index (χ1) is 9.63. The monoisotopic (exact) mass is 265 g/mol. The molecule has 0 saturated heterocycles. The third kappa shape index (κ3) is 1.77. The predicted molar refractivity (Wildman–Crippen MR) is 77.0 cm³/mol. The molecule has 0 atom stereocenters. The summed E-state index contributed by atoms with van der Waals surface area (Å²) in [6.45, 7) is 2.08. The lowest BCUT2D eigenvalue weighted by atomic mass is 10.2. The Bertz CT molecular complexity index is 832. The summed E-state index contributed by atoms with van der Waals surface area (Å²) < 4.78 is 3.86. The first kappa shape index (κ1) is 12.4. The van der Waals surface area contributed by atoms with Gasteiger partial charge >= 0.3 is 0 Å². The highest BCUT2D eigenvalue weighted by Crippen LogP contribution is 2.24. The Hall–Kier alpha value is -2.61. The number of aryl methyl sites for hydroxylation is 3. The number of rotatable bonds is 2. The maximum atomic E-state index is 9.00. The number of nitrogens with zero attached hydrogens (tertiary/aromatic N) is 5. The van der Waals surface area contributed by atoms with Gasteiger partial charge in [-0.1, -0.05) is 6.92 Å². The fourth-order valence-electron chi connectivity index (χ4n) is 2.40. The Kier molecular flexibility index (Phi) is 2.79. The minimum Gasteiger partial charge on any atom is -0.326 e. The van der Waals surface area contributed by atoms with Gasteiger partial charge in [-0.2, -0.15) is 10.4 Å². The van der Waals surface area contributed by atoms with Gasteiger partial charge in [-0.15, -0.1) is 0 Å². The lowest BCUT2D eigenvalue weighted by Crippen LogP contribution is -1.99. The quantitative estimate of drug-likeness (QED) is 0.715. The van der Waals surface area contributed by atoms with Crippen molar-refractivity contribution in [2.24, 2.45) is 14.1 Å². The summed E-state index contributed by atoms with van der Waals surface area (Å²) in [6, 6.07) is 9.76. The molecule has 20 heavy (non-hydrogen) atoms. The van der Waals surface area contributed by atoms with Crippen LogP contribution in [-0.2, 0) is 20.5 Å². The number of nitriles is 1. The average Bonchev–Trinajstić information content (AvgIpc) is 2.99. The lowest BCUT2D eigenvalue weighted by Gasteiger charge is -2.02. The van der Waals surface area contributed by atoms with Crippen LogP contribution in [0.25, 0.3) is 22.6 Å². The maximum Gasteiger partial charge on any atom is 0.159 e. The zero-order valence-corrected chi connectivity index (χ0v) is 11.8. The van der Waals surface area contributed by atoms with Crippen molar-refractivity contribution < 1.29 is 0 Å². The van der Waals surface area contributed by atoms with E-state index in [0.717, 1.165) is 34.7 Å². The van der Waals surface area contributed by atoms with Gasteiger partial charge < -0.3 is 4.57 Å². The Morgan fingerprint density at radius 1 is 1.25 bits per heavy atom. The summed E-state index contributed by atoms with van der Waals surface area (Å²) in [5, 5.41) is 13.5. The topological polar surface area (TPSA) is 59.4 Å². The molecule has 0 aliphatic heterocycles. The van der Waals surface area contributed by atoms with Crippen LogP contribution in [0.5, 0.6) is 0 Å². The summed E-state index contributed by atoms with van der Waals surface area (Å²) in [6.07, 6.45) is 0.899. The van der Waals surface area contributed by atoms with E-state index in [9.17, 15) is 0 Å². The second-order valence-corrected chi connectivity index (χ2v) is 4.81. The summed E-state index contributed by atoms with van der Waals surface area (Å²) in [4.78, 5) is 4.66. The van der Waals surface area contributed by atoms with Crippen molar-refractivity contribution >= 4 is 11.0 Å². The molecule has 0 fully saturated rings. The highest BCUT2D eigenvalue weighted by Gasteiger charge is 2.14. The van der Waals surface area contributed by atoms with Gasteiger partial charge in [-0.25, -0.2) is 4.98 Å². The number of imidazole rings is 1. The molecule has 0 N–H and O–H groups in total. The molecule has 5 heteroatoms. The molecule has 2 heterocycles. The van der Waals surface area contributed by atoms with E-state index in [1.807, 2.05) is 35.5 Å². The SMILES string of the molecule is CCc1cc(-c2nc3ccc(C#N)cc3n2C)n(C)n1. The Morgan fingerprint density at radius 2 is 2.05 bits per heavy atom. The fourth-order valence-corrected chi connectivity index (χ4v) is 2.40. The molecule has 0 bridgehead atoms. The average molecular weight is 265 g/mol. The smallest absolute Gasteiger partial charge is 0.159 e. The van der Waals surface area contributed by atoms with E-state index in [1.54, 1.807) is 6.07 Å². The highest BCUT2D eigenvalue weighted by molar-refractivity contribution is 5.81. The van der Waals surface area contributed by atoms with Gasteiger partial charge in [0.15, 0.2) is 5.82 Å². The normalized spacial score (nSPS) is 10.9. The first-order valence-electron chi connectivity index (χ1n) is 6.54. The second-order valence-electron chi connectivity index (χ2n) is 4.81. The van der Waals surface area contributed by atoms with Gasteiger partial charge in [0.25, 0.3) is 0 Å². The minimum absolute atomic E-state index is 0.645. The molecular weight excluding hydrogens is 250 g/mol. The van der Waals surface area contributed by atoms with Crippen molar-refractivity contribution in [2.75, 3.05) is 0 Å². The predicted octanol–water partition coefficient (Wildman–Crippen LogP) is 2.41. The standard InChI is InChI=1S/C15H15N5/c1-4-11-8-14(20(3)18-11)15-17-12-6-5-10(9-16)7-13(12)19(15)2/h5-8H,4H2,1-3H3. The summed E-state index contributed by atoms with van der Waals surface area (Å²) >= 11 is 0. The molecule has 0 radical (unpaired) electrons. The third-order valence-corrected chi connectivity index (χ3v) is 3.53. The van der Waals surface area contributed by atoms with E-state index in [4.69, 9.17) is 5.26 Å². The van der Waals surface area contributed by atoms with Crippen molar-refractivity contribution in [3.8, 4) is 17.6 Å². The number of hydrogen-bond acceptors (Lipinski definition) is 3. The van der Waals surface area contributed by atoms with Gasteiger partial charge in [0, 0.05) is 14.1 Å². The van der Waals surface area contributed by atoms with Gasteiger partial charge in [0.05, 0.1) is 28.4 Å². The molecule has 0 amide bonds. The molecule has 2 aromatic heterocycles. The summed E-state index contributed by atoms with van der Waals surface area (Å²) in [5.41, 5.74) is 4.52. The lowest BCUT2D eigenvalue weighted by molar-refractivity contribution is 0.744. The van der Waals surface area contributed by atoms with Gasteiger partial charge in [-0.05, 0) is 30.7 Å². The highest BCUT2D eigenvalue weighted by atomic mass is 15.3. The molecular formula is C15H15N5. The Labute approximate surface area is 117 Å². The molecule has 0 aliphatic carbocycles. The van der Waals surface area contributed by atoms with Gasteiger partial charge in [-0.3, -0.25) is 4.68 Å². The van der Waals surface area contributed by atoms with E-state index in [1.165, 1.54) is 0 Å². The number of aromatic nitrogens is 4. The van der Waals surface area contributed by atoms with Gasteiger partial charge in [0.2, 0.25) is 0 Å². The molecule has 0 spiro atoms. The number of fused-ring (bicyclic) bond motifs is 1. The van der Waals surface area contributed by atoms with Crippen LogP contribution < -0.4 is 0 Å². The van der Waals surface area contributed by atoms with E-state index < -0.39 is 0 Å². The van der Waals surface area contributed by atoms with Crippen LogP contribution >= 0.6 is 0 Å². The van der Waals surface area contributed by atoms with Crippen molar-refractivity contribution in [3.05, 3.63) is 35.5 Å². The third-order valence-electron chi connectivity index (χ3n) is 3.53. The van der Waals surface area contributed by atoms with E-state index in [2.05, 4.69) is 29.1 Å². The summed E-state index contributed by atoms with van der Waals surface area (Å²) in [5.74, 6) is 0.866. The number of hydrogen-bond donors (Lipinski definition) is 0. The zero-order valence-electron chi connectivity index (χ0n) is 11.8. The molecule has 3 rings (SSSR count). The minimum atomic E-state index is 0.645. The van der Waals surface area contributed by atoms with Crippen molar-refractivity contribution in [1.29, 1.82) is 5.26 Å². The van der Waals surface area contributed by atoms with Crippen LogP contribution in [0.15, 0.2) is 24.3 Å². The molecule has 5 nitrogen and oxygen atoms in total.